The minimum Gasteiger partial charge on any atom is -0.481 e. The second kappa shape index (κ2) is 7.18. The Morgan fingerprint density at radius 1 is 1.32 bits per heavy atom. The summed E-state index contributed by atoms with van der Waals surface area (Å²) >= 11 is 5.94. The Labute approximate surface area is 152 Å². The van der Waals surface area contributed by atoms with Crippen molar-refractivity contribution in [3.63, 3.8) is 0 Å². The van der Waals surface area contributed by atoms with E-state index < -0.39 is 5.97 Å². The minimum atomic E-state index is -0.727. The van der Waals surface area contributed by atoms with Crippen molar-refractivity contribution in [2.24, 2.45) is 5.92 Å². The molecule has 0 bridgehead atoms. The summed E-state index contributed by atoms with van der Waals surface area (Å²) in [4.78, 5) is 18.2. The van der Waals surface area contributed by atoms with Gasteiger partial charge in [0.15, 0.2) is 5.76 Å². The Morgan fingerprint density at radius 3 is 2.64 bits per heavy atom. The number of carboxylic acids is 1. The van der Waals surface area contributed by atoms with Crippen LogP contribution < -0.4 is 0 Å². The Bertz CT molecular complexity index is 757. The molecule has 1 fully saturated rings. The number of oxazole rings is 1. The van der Waals surface area contributed by atoms with Gasteiger partial charge in [-0.05, 0) is 57.9 Å². The summed E-state index contributed by atoms with van der Waals surface area (Å²) < 4.78 is 5.99. The monoisotopic (exact) mass is 362 g/mol. The fourth-order valence-electron chi connectivity index (χ4n) is 3.64. The third-order valence-corrected chi connectivity index (χ3v) is 5.40. The fourth-order valence-corrected chi connectivity index (χ4v) is 3.76. The number of carbonyl (C=O) groups is 1. The summed E-state index contributed by atoms with van der Waals surface area (Å²) in [7, 11) is 0. The van der Waals surface area contributed by atoms with Crippen LogP contribution in [0.15, 0.2) is 28.7 Å². The van der Waals surface area contributed by atoms with Crippen LogP contribution in [0, 0.1) is 12.8 Å². The summed E-state index contributed by atoms with van der Waals surface area (Å²) in [6.45, 7) is 6.54. The van der Waals surface area contributed by atoms with Crippen molar-refractivity contribution in [2.75, 3.05) is 0 Å². The van der Waals surface area contributed by atoms with Gasteiger partial charge in [0.25, 0.3) is 0 Å². The lowest BCUT2D eigenvalue weighted by atomic mass is 9.87. The van der Waals surface area contributed by atoms with Gasteiger partial charge in [-0.25, -0.2) is 4.98 Å². The van der Waals surface area contributed by atoms with Crippen LogP contribution in [0.4, 0.5) is 0 Å². The van der Waals surface area contributed by atoms with E-state index in [0.717, 1.165) is 29.9 Å². The number of carboxylic acid groups (broad SMARTS) is 1. The predicted molar refractivity (Wildman–Crippen MR) is 96.5 cm³/mol. The van der Waals surface area contributed by atoms with Crippen molar-refractivity contribution < 1.29 is 14.3 Å². The molecule has 2 aromatic rings. The van der Waals surface area contributed by atoms with Gasteiger partial charge in [0.2, 0.25) is 5.89 Å². The molecule has 6 heteroatoms. The highest BCUT2D eigenvalue weighted by atomic mass is 35.5. The van der Waals surface area contributed by atoms with E-state index in [9.17, 15) is 9.90 Å². The molecule has 2 heterocycles. The van der Waals surface area contributed by atoms with Crippen LogP contribution in [0.3, 0.4) is 0 Å². The van der Waals surface area contributed by atoms with Crippen LogP contribution in [0.1, 0.15) is 38.3 Å². The van der Waals surface area contributed by atoms with E-state index in [2.05, 4.69) is 16.8 Å². The molecule has 3 rings (SSSR count). The quantitative estimate of drug-likeness (QED) is 0.874. The van der Waals surface area contributed by atoms with Crippen molar-refractivity contribution in [1.82, 2.24) is 9.88 Å². The standard InChI is InChI=1S/C19H23ClN2O3/c1-11-4-9-16(19(23)24)13(3)22(11)10-17-21-12(2)18(25-17)14-5-7-15(20)8-6-14/h5-8,11,13,16H,4,9-10H2,1-3H3,(H,23,24)/t11-,13+,16+/m1/s1. The molecule has 0 aliphatic carbocycles. The summed E-state index contributed by atoms with van der Waals surface area (Å²) in [5.41, 5.74) is 1.76. The van der Waals surface area contributed by atoms with Gasteiger partial charge >= 0.3 is 5.97 Å². The van der Waals surface area contributed by atoms with Crippen molar-refractivity contribution in [2.45, 2.75) is 52.2 Å². The number of likely N-dealkylation sites (tertiary alicyclic amines) is 1. The number of hydrogen-bond donors (Lipinski definition) is 1. The molecule has 1 aromatic carbocycles. The van der Waals surface area contributed by atoms with Crippen molar-refractivity contribution in [3.05, 3.63) is 40.9 Å². The highest BCUT2D eigenvalue weighted by Gasteiger charge is 2.37. The second-order valence-corrected chi connectivity index (χ2v) is 7.25. The topological polar surface area (TPSA) is 66.6 Å². The number of aryl methyl sites for hydroxylation is 1. The maximum Gasteiger partial charge on any atom is 0.308 e. The number of rotatable bonds is 4. The number of hydrogen-bond acceptors (Lipinski definition) is 4. The lowest BCUT2D eigenvalue weighted by Gasteiger charge is -2.41. The molecular weight excluding hydrogens is 340 g/mol. The molecule has 0 amide bonds. The van der Waals surface area contributed by atoms with E-state index in [-0.39, 0.29) is 12.0 Å². The van der Waals surface area contributed by atoms with Gasteiger partial charge in [0.05, 0.1) is 18.2 Å². The van der Waals surface area contributed by atoms with Crippen molar-refractivity contribution >= 4 is 17.6 Å². The molecule has 0 radical (unpaired) electrons. The van der Waals surface area contributed by atoms with E-state index in [1.165, 1.54) is 0 Å². The van der Waals surface area contributed by atoms with Crippen LogP contribution in [-0.4, -0.2) is 33.0 Å². The van der Waals surface area contributed by atoms with Crippen LogP contribution in [0.2, 0.25) is 5.02 Å². The lowest BCUT2D eigenvalue weighted by molar-refractivity contribution is -0.147. The van der Waals surface area contributed by atoms with E-state index in [4.69, 9.17) is 16.0 Å². The normalized spacial score (nSPS) is 24.4. The van der Waals surface area contributed by atoms with Gasteiger partial charge in [-0.1, -0.05) is 11.6 Å². The third kappa shape index (κ3) is 3.72. The van der Waals surface area contributed by atoms with Gasteiger partial charge in [-0.3, -0.25) is 9.69 Å². The first-order chi connectivity index (χ1) is 11.9. The van der Waals surface area contributed by atoms with Gasteiger partial charge in [-0.15, -0.1) is 0 Å². The number of aliphatic carboxylic acids is 1. The summed E-state index contributed by atoms with van der Waals surface area (Å²) in [6, 6.07) is 7.72. The first kappa shape index (κ1) is 18.0. The maximum absolute atomic E-state index is 11.5. The molecule has 1 aliphatic heterocycles. The molecule has 1 aromatic heterocycles. The molecule has 1 N–H and O–H groups in total. The maximum atomic E-state index is 11.5. The molecule has 134 valence electrons. The van der Waals surface area contributed by atoms with Crippen LogP contribution >= 0.6 is 11.6 Å². The first-order valence-corrected chi connectivity index (χ1v) is 8.95. The number of aromatic nitrogens is 1. The Balaban J connectivity index is 1.82. The van der Waals surface area contributed by atoms with Gasteiger partial charge < -0.3 is 9.52 Å². The van der Waals surface area contributed by atoms with Crippen LogP contribution in [0.25, 0.3) is 11.3 Å². The molecule has 1 aliphatic rings. The third-order valence-electron chi connectivity index (χ3n) is 5.15. The molecule has 0 saturated carbocycles. The Kier molecular flexibility index (Phi) is 5.16. The largest absolute Gasteiger partial charge is 0.481 e. The van der Waals surface area contributed by atoms with Crippen LogP contribution in [-0.2, 0) is 11.3 Å². The van der Waals surface area contributed by atoms with Gasteiger partial charge in [0.1, 0.15) is 0 Å². The van der Waals surface area contributed by atoms with E-state index >= 15 is 0 Å². The fraction of sp³-hybridized carbons (Fsp3) is 0.474. The summed E-state index contributed by atoms with van der Waals surface area (Å²) in [5.74, 6) is 0.281. The van der Waals surface area contributed by atoms with E-state index in [1.54, 1.807) is 0 Å². The lowest BCUT2D eigenvalue weighted by Crippen LogP contribution is -2.50. The average Bonchev–Trinajstić information content (AvgIpc) is 2.92. The number of halogens is 1. The zero-order valence-corrected chi connectivity index (χ0v) is 15.5. The molecule has 5 nitrogen and oxygen atoms in total. The first-order valence-electron chi connectivity index (χ1n) is 8.57. The van der Waals surface area contributed by atoms with Crippen LogP contribution in [0.5, 0.6) is 0 Å². The number of piperidine rings is 1. The van der Waals surface area contributed by atoms with Gasteiger partial charge in [-0.2, -0.15) is 0 Å². The molecule has 0 unspecified atom stereocenters. The summed E-state index contributed by atoms with van der Waals surface area (Å²) in [6.07, 6.45) is 1.58. The SMILES string of the molecule is Cc1nc(CN2[C@H](C)CC[C@H](C(=O)O)[C@@H]2C)oc1-c1ccc(Cl)cc1. The zero-order valence-electron chi connectivity index (χ0n) is 14.7. The Morgan fingerprint density at radius 2 is 2.00 bits per heavy atom. The zero-order chi connectivity index (χ0) is 18.1. The van der Waals surface area contributed by atoms with E-state index in [1.807, 2.05) is 38.1 Å². The Hall–Kier alpha value is -1.85. The smallest absolute Gasteiger partial charge is 0.308 e. The molecule has 3 atom stereocenters. The molecule has 1 saturated heterocycles. The van der Waals surface area contributed by atoms with E-state index in [0.29, 0.717) is 23.5 Å². The molecular formula is C19H23ClN2O3. The van der Waals surface area contributed by atoms with Crippen molar-refractivity contribution in [1.29, 1.82) is 0 Å². The number of nitrogens with zero attached hydrogens (tertiary/aromatic N) is 2. The van der Waals surface area contributed by atoms with Gasteiger partial charge in [0, 0.05) is 22.7 Å². The number of benzene rings is 1. The predicted octanol–water partition coefficient (Wildman–Crippen LogP) is 4.38. The second-order valence-electron chi connectivity index (χ2n) is 6.81. The highest BCUT2D eigenvalue weighted by Crippen LogP contribution is 2.31. The highest BCUT2D eigenvalue weighted by molar-refractivity contribution is 6.30. The summed E-state index contributed by atoms with van der Waals surface area (Å²) in [5, 5.41) is 10.1. The molecule has 0 spiro atoms. The van der Waals surface area contributed by atoms with Crippen molar-refractivity contribution in [3.8, 4) is 11.3 Å². The molecule has 25 heavy (non-hydrogen) atoms. The average molecular weight is 363 g/mol. The minimum absolute atomic E-state index is 0.0487.